The summed E-state index contributed by atoms with van der Waals surface area (Å²) in [5, 5.41) is 0. The van der Waals surface area contributed by atoms with Gasteiger partial charge in [0, 0.05) is 6.42 Å². The van der Waals surface area contributed by atoms with E-state index in [1.54, 1.807) is 0 Å². The summed E-state index contributed by atoms with van der Waals surface area (Å²) in [6.07, 6.45) is 9.48. The molecule has 0 amide bonds. The third-order valence-corrected chi connectivity index (χ3v) is 2.73. The molecule has 0 aliphatic carbocycles. The van der Waals surface area contributed by atoms with Gasteiger partial charge in [-0.05, 0) is 6.42 Å². The Balaban J connectivity index is 2.16. The number of rotatable bonds is 8. The number of H-pyrrole nitrogens is 1. The Hall–Kier alpha value is -1.39. The fraction of sp³-hybridized carbons (Fsp3) is 0.750. The third kappa shape index (κ3) is 6.04. The van der Waals surface area contributed by atoms with Crippen LogP contribution in [0.25, 0.3) is 0 Å². The molecule has 1 rings (SSSR count). The first-order valence-electron chi connectivity index (χ1n) is 6.45. The lowest BCUT2D eigenvalue weighted by Crippen LogP contribution is -2.17. The van der Waals surface area contributed by atoms with Crippen molar-refractivity contribution in [3.8, 4) is 0 Å². The highest BCUT2D eigenvalue weighted by atomic mass is 16.1. The van der Waals surface area contributed by atoms with Crippen molar-refractivity contribution in [3.63, 3.8) is 0 Å². The van der Waals surface area contributed by atoms with Crippen molar-refractivity contribution in [2.45, 2.75) is 58.3 Å². The average Bonchev–Trinajstić information content (AvgIpc) is 2.26. The maximum atomic E-state index is 11.0. The summed E-state index contributed by atoms with van der Waals surface area (Å²) in [5.41, 5.74) is 5.00. The van der Waals surface area contributed by atoms with E-state index in [9.17, 15) is 4.79 Å². The predicted molar refractivity (Wildman–Crippen MR) is 68.8 cm³/mol. The average molecular weight is 238 g/mol. The van der Waals surface area contributed by atoms with Crippen molar-refractivity contribution in [3.05, 3.63) is 16.3 Å². The largest absolute Gasteiger partial charge is 0.368 e. The standard InChI is InChI=1S/C12H22N4O/c1-2-3-4-5-6-7-8-9-10-14-11(13)16-12(17)15-10/h2-9H2,1H3,(H3,13,14,15,16,17). The van der Waals surface area contributed by atoms with Crippen molar-refractivity contribution < 1.29 is 0 Å². The number of unbranched alkanes of at least 4 members (excludes halogenated alkanes) is 6. The lowest BCUT2D eigenvalue weighted by atomic mass is 10.1. The molecule has 0 bridgehead atoms. The molecule has 0 saturated heterocycles. The molecule has 0 unspecified atom stereocenters. The van der Waals surface area contributed by atoms with Gasteiger partial charge in [0.1, 0.15) is 5.82 Å². The number of hydrogen-bond donors (Lipinski definition) is 2. The minimum atomic E-state index is -0.407. The topological polar surface area (TPSA) is 84.7 Å². The Morgan fingerprint density at radius 1 is 1.06 bits per heavy atom. The van der Waals surface area contributed by atoms with Gasteiger partial charge in [0.05, 0.1) is 0 Å². The second-order valence-corrected chi connectivity index (χ2v) is 4.33. The second kappa shape index (κ2) is 7.81. The zero-order valence-corrected chi connectivity index (χ0v) is 10.5. The SMILES string of the molecule is CCCCCCCCCc1nc(N)nc(=O)[nH]1. The molecule has 1 aromatic rings. The highest BCUT2D eigenvalue weighted by Gasteiger charge is 1.99. The highest BCUT2D eigenvalue weighted by Crippen LogP contribution is 2.08. The zero-order chi connectivity index (χ0) is 12.5. The van der Waals surface area contributed by atoms with Gasteiger partial charge in [0.15, 0.2) is 0 Å². The number of aryl methyl sites for hydroxylation is 1. The van der Waals surface area contributed by atoms with E-state index in [-0.39, 0.29) is 5.95 Å². The van der Waals surface area contributed by atoms with Gasteiger partial charge in [-0.1, -0.05) is 45.4 Å². The number of nitrogens with zero attached hydrogens (tertiary/aromatic N) is 2. The van der Waals surface area contributed by atoms with Crippen LogP contribution in [0.15, 0.2) is 4.79 Å². The maximum absolute atomic E-state index is 11.0. The van der Waals surface area contributed by atoms with Crippen LogP contribution < -0.4 is 11.4 Å². The fourth-order valence-electron chi connectivity index (χ4n) is 1.81. The van der Waals surface area contributed by atoms with Crippen LogP contribution in [0.4, 0.5) is 5.95 Å². The normalized spacial score (nSPS) is 10.6. The van der Waals surface area contributed by atoms with E-state index in [0.717, 1.165) is 12.8 Å². The van der Waals surface area contributed by atoms with Crippen LogP contribution in [-0.4, -0.2) is 15.0 Å². The number of nitrogens with one attached hydrogen (secondary N) is 1. The molecule has 17 heavy (non-hydrogen) atoms. The summed E-state index contributed by atoms with van der Waals surface area (Å²) in [4.78, 5) is 21.1. The van der Waals surface area contributed by atoms with Crippen LogP contribution in [0, 0.1) is 0 Å². The van der Waals surface area contributed by atoms with E-state index in [0.29, 0.717) is 5.82 Å². The molecular weight excluding hydrogens is 216 g/mol. The molecule has 0 aromatic carbocycles. The zero-order valence-electron chi connectivity index (χ0n) is 10.5. The molecule has 0 aliphatic heterocycles. The summed E-state index contributed by atoms with van der Waals surface area (Å²) < 4.78 is 0. The molecule has 96 valence electrons. The summed E-state index contributed by atoms with van der Waals surface area (Å²) in [6.45, 7) is 2.22. The van der Waals surface area contributed by atoms with Crippen LogP contribution in [0.2, 0.25) is 0 Å². The molecule has 0 radical (unpaired) electrons. The number of hydrogen-bond acceptors (Lipinski definition) is 4. The number of nitrogen functional groups attached to an aromatic ring is 1. The predicted octanol–water partition coefficient (Wildman–Crippen LogP) is 2.04. The van der Waals surface area contributed by atoms with Gasteiger partial charge >= 0.3 is 5.69 Å². The molecule has 0 atom stereocenters. The number of nitrogens with two attached hydrogens (primary N) is 1. The van der Waals surface area contributed by atoms with Crippen LogP contribution in [0.5, 0.6) is 0 Å². The van der Waals surface area contributed by atoms with Gasteiger partial charge in [-0.25, -0.2) is 4.79 Å². The Morgan fingerprint density at radius 2 is 1.71 bits per heavy atom. The third-order valence-electron chi connectivity index (χ3n) is 2.73. The number of aromatic nitrogens is 3. The van der Waals surface area contributed by atoms with Crippen LogP contribution >= 0.6 is 0 Å². The molecule has 0 saturated carbocycles. The van der Waals surface area contributed by atoms with Crippen molar-refractivity contribution >= 4 is 5.95 Å². The minimum Gasteiger partial charge on any atom is -0.368 e. The van der Waals surface area contributed by atoms with E-state index >= 15 is 0 Å². The first kappa shape index (κ1) is 13.7. The van der Waals surface area contributed by atoms with Gasteiger partial charge in [0.25, 0.3) is 0 Å². The molecule has 5 heteroatoms. The summed E-state index contributed by atoms with van der Waals surface area (Å²) in [5.74, 6) is 0.711. The molecule has 0 aliphatic rings. The van der Waals surface area contributed by atoms with Gasteiger partial charge < -0.3 is 5.73 Å². The quantitative estimate of drug-likeness (QED) is 0.679. The van der Waals surface area contributed by atoms with Gasteiger partial charge in [-0.2, -0.15) is 9.97 Å². The van der Waals surface area contributed by atoms with Gasteiger partial charge in [-0.3, -0.25) is 4.98 Å². The van der Waals surface area contributed by atoms with E-state index in [4.69, 9.17) is 5.73 Å². The van der Waals surface area contributed by atoms with E-state index in [1.807, 2.05) is 0 Å². The lowest BCUT2D eigenvalue weighted by molar-refractivity contribution is 0.583. The molecule has 0 spiro atoms. The van der Waals surface area contributed by atoms with Crippen molar-refractivity contribution in [2.24, 2.45) is 0 Å². The molecule has 1 heterocycles. The summed E-state index contributed by atoms with van der Waals surface area (Å²) in [6, 6.07) is 0. The minimum absolute atomic E-state index is 0.0618. The van der Waals surface area contributed by atoms with Crippen molar-refractivity contribution in [1.29, 1.82) is 0 Å². The fourth-order valence-corrected chi connectivity index (χ4v) is 1.81. The summed E-state index contributed by atoms with van der Waals surface area (Å²) in [7, 11) is 0. The Morgan fingerprint density at radius 3 is 2.35 bits per heavy atom. The van der Waals surface area contributed by atoms with Gasteiger partial charge in [0.2, 0.25) is 5.95 Å². The van der Waals surface area contributed by atoms with Crippen LogP contribution in [0.1, 0.15) is 57.7 Å². The molecular formula is C12H22N4O. The lowest BCUT2D eigenvalue weighted by Gasteiger charge is -2.01. The molecule has 1 aromatic heterocycles. The molecule has 5 nitrogen and oxygen atoms in total. The van der Waals surface area contributed by atoms with Crippen LogP contribution in [-0.2, 0) is 6.42 Å². The van der Waals surface area contributed by atoms with E-state index < -0.39 is 5.69 Å². The van der Waals surface area contributed by atoms with Gasteiger partial charge in [-0.15, -0.1) is 0 Å². The second-order valence-electron chi connectivity index (χ2n) is 4.33. The summed E-state index contributed by atoms with van der Waals surface area (Å²) >= 11 is 0. The highest BCUT2D eigenvalue weighted by molar-refractivity contribution is 5.12. The van der Waals surface area contributed by atoms with Crippen molar-refractivity contribution in [1.82, 2.24) is 15.0 Å². The first-order valence-corrected chi connectivity index (χ1v) is 6.45. The molecule has 0 fully saturated rings. The first-order chi connectivity index (χ1) is 8.22. The van der Waals surface area contributed by atoms with Crippen LogP contribution in [0.3, 0.4) is 0 Å². The van der Waals surface area contributed by atoms with Crippen molar-refractivity contribution in [2.75, 3.05) is 5.73 Å². The smallest absolute Gasteiger partial charge is 0.349 e. The molecule has 3 N–H and O–H groups in total. The Kier molecular flexibility index (Phi) is 6.29. The Bertz CT molecular complexity index is 375. The van der Waals surface area contributed by atoms with E-state index in [2.05, 4.69) is 21.9 Å². The van der Waals surface area contributed by atoms with E-state index in [1.165, 1.54) is 38.5 Å². The number of anilines is 1. The Labute approximate surface area is 102 Å². The maximum Gasteiger partial charge on any atom is 0.349 e. The monoisotopic (exact) mass is 238 g/mol. The number of aromatic amines is 1.